The van der Waals surface area contributed by atoms with Gasteiger partial charge in [-0.2, -0.15) is 0 Å². The van der Waals surface area contributed by atoms with Crippen molar-refractivity contribution in [2.45, 2.75) is 85.5 Å². The second-order valence-electron chi connectivity index (χ2n) is 11.0. The van der Waals surface area contributed by atoms with Crippen molar-refractivity contribution in [1.29, 1.82) is 0 Å². The third kappa shape index (κ3) is 6.33. The third-order valence-corrected chi connectivity index (χ3v) is 6.64. The van der Waals surface area contributed by atoms with Crippen molar-refractivity contribution in [3.63, 3.8) is 0 Å². The lowest BCUT2D eigenvalue weighted by Gasteiger charge is -2.21. The largest absolute Gasteiger partial charge is 0.508 e. The Bertz CT molecular complexity index is 1140. The third-order valence-electron chi connectivity index (χ3n) is 6.64. The fourth-order valence-electron chi connectivity index (χ4n) is 4.68. The standard InChI is InChI=1S/C32H42N2O/c1-19(2)27-14-24(15-28(20(3)4)31(27)33)12-25-16-29(21(5)6)32(30(17-25)22(7)8)34-18-23-10-9-11-26(35)13-23/h9-11,13-22,35H,12,33H2,1-8H3/b34-18+. The normalized spacial score (nSPS) is 12.1. The van der Waals surface area contributed by atoms with E-state index in [1.54, 1.807) is 12.1 Å². The zero-order chi connectivity index (χ0) is 25.9. The van der Waals surface area contributed by atoms with Crippen LogP contribution in [0.2, 0.25) is 0 Å². The second kappa shape index (κ2) is 11.1. The maximum Gasteiger partial charge on any atom is 0.116 e. The first-order valence-electron chi connectivity index (χ1n) is 12.9. The molecule has 35 heavy (non-hydrogen) atoms. The Morgan fingerprint density at radius 2 is 1.17 bits per heavy atom. The Morgan fingerprint density at radius 3 is 1.60 bits per heavy atom. The highest BCUT2D eigenvalue weighted by Crippen LogP contribution is 2.38. The summed E-state index contributed by atoms with van der Waals surface area (Å²) in [6.45, 7) is 17.8. The van der Waals surface area contributed by atoms with Crippen LogP contribution in [0.15, 0.2) is 53.5 Å². The number of phenols is 1. The summed E-state index contributed by atoms with van der Waals surface area (Å²) in [7, 11) is 0. The molecule has 0 bridgehead atoms. The summed E-state index contributed by atoms with van der Waals surface area (Å²) in [6.07, 6.45) is 2.73. The quantitative estimate of drug-likeness (QED) is 0.255. The molecule has 3 N–H and O–H groups in total. The van der Waals surface area contributed by atoms with Gasteiger partial charge in [-0.05, 0) is 81.2 Å². The number of aliphatic imine (C=N–C) groups is 1. The lowest BCUT2D eigenvalue weighted by atomic mass is 9.86. The van der Waals surface area contributed by atoms with E-state index in [9.17, 15) is 5.11 Å². The van der Waals surface area contributed by atoms with Gasteiger partial charge in [-0.25, -0.2) is 0 Å². The summed E-state index contributed by atoms with van der Waals surface area (Å²) in [4.78, 5) is 4.94. The van der Waals surface area contributed by atoms with Crippen molar-refractivity contribution < 1.29 is 5.11 Å². The zero-order valence-electron chi connectivity index (χ0n) is 22.7. The van der Waals surface area contributed by atoms with Crippen molar-refractivity contribution >= 4 is 17.6 Å². The maximum atomic E-state index is 9.83. The van der Waals surface area contributed by atoms with E-state index in [1.165, 1.54) is 33.4 Å². The lowest BCUT2D eigenvalue weighted by Crippen LogP contribution is -2.06. The highest BCUT2D eigenvalue weighted by Gasteiger charge is 2.18. The zero-order valence-corrected chi connectivity index (χ0v) is 22.7. The Morgan fingerprint density at radius 1 is 0.714 bits per heavy atom. The van der Waals surface area contributed by atoms with E-state index in [0.29, 0.717) is 23.7 Å². The van der Waals surface area contributed by atoms with E-state index in [-0.39, 0.29) is 5.75 Å². The molecule has 0 fully saturated rings. The van der Waals surface area contributed by atoms with Crippen LogP contribution < -0.4 is 5.73 Å². The average Bonchev–Trinajstić information content (AvgIpc) is 2.78. The highest BCUT2D eigenvalue weighted by atomic mass is 16.3. The average molecular weight is 471 g/mol. The minimum atomic E-state index is 0.252. The van der Waals surface area contributed by atoms with Gasteiger partial charge in [0.1, 0.15) is 5.75 Å². The number of nitrogen functional groups attached to an aromatic ring is 1. The summed E-state index contributed by atoms with van der Waals surface area (Å²) in [5.41, 5.74) is 17.1. The fraction of sp³-hybridized carbons (Fsp3) is 0.406. The van der Waals surface area contributed by atoms with Gasteiger partial charge in [0.15, 0.2) is 0 Å². The lowest BCUT2D eigenvalue weighted by molar-refractivity contribution is 0.475. The number of aromatic hydroxyl groups is 1. The molecule has 3 heteroatoms. The van der Waals surface area contributed by atoms with Crippen LogP contribution >= 0.6 is 0 Å². The summed E-state index contributed by atoms with van der Waals surface area (Å²) in [5.74, 6) is 1.71. The maximum absolute atomic E-state index is 9.83. The summed E-state index contributed by atoms with van der Waals surface area (Å²) in [5, 5.41) is 9.83. The first-order valence-corrected chi connectivity index (χ1v) is 12.9. The number of hydrogen-bond donors (Lipinski definition) is 2. The van der Waals surface area contributed by atoms with Crippen LogP contribution in [0.25, 0.3) is 0 Å². The molecule has 0 atom stereocenters. The van der Waals surface area contributed by atoms with Crippen LogP contribution in [-0.2, 0) is 6.42 Å². The Kier molecular flexibility index (Phi) is 8.43. The number of nitrogens with two attached hydrogens (primary N) is 1. The molecule has 0 saturated heterocycles. The molecule has 0 aromatic heterocycles. The predicted octanol–water partition coefficient (Wildman–Crippen LogP) is 8.81. The molecule has 0 spiro atoms. The summed E-state index contributed by atoms with van der Waals surface area (Å²) < 4.78 is 0. The molecular weight excluding hydrogens is 428 g/mol. The smallest absolute Gasteiger partial charge is 0.116 e. The van der Waals surface area contributed by atoms with E-state index in [1.807, 2.05) is 18.3 Å². The van der Waals surface area contributed by atoms with Crippen LogP contribution in [-0.4, -0.2) is 11.3 Å². The van der Waals surface area contributed by atoms with Crippen molar-refractivity contribution in [1.82, 2.24) is 0 Å². The molecule has 0 aliphatic rings. The fourth-order valence-corrected chi connectivity index (χ4v) is 4.68. The Hall–Kier alpha value is -3.07. The number of phenolic OH excluding ortho intramolecular Hbond substituents is 1. The van der Waals surface area contributed by atoms with Gasteiger partial charge in [-0.3, -0.25) is 4.99 Å². The molecule has 0 heterocycles. The van der Waals surface area contributed by atoms with Gasteiger partial charge >= 0.3 is 0 Å². The highest BCUT2D eigenvalue weighted by molar-refractivity contribution is 5.83. The summed E-state index contributed by atoms with van der Waals surface area (Å²) >= 11 is 0. The van der Waals surface area contributed by atoms with Gasteiger partial charge in [0.2, 0.25) is 0 Å². The van der Waals surface area contributed by atoms with Crippen molar-refractivity contribution in [3.05, 3.63) is 87.5 Å². The predicted molar refractivity (Wildman–Crippen MR) is 152 cm³/mol. The second-order valence-corrected chi connectivity index (χ2v) is 11.0. The van der Waals surface area contributed by atoms with Gasteiger partial charge in [-0.15, -0.1) is 0 Å². The molecule has 3 aromatic rings. The van der Waals surface area contributed by atoms with Crippen LogP contribution in [0.5, 0.6) is 5.75 Å². The number of rotatable bonds is 8. The number of hydrogen-bond acceptors (Lipinski definition) is 3. The number of nitrogens with zero attached hydrogens (tertiary/aromatic N) is 1. The topological polar surface area (TPSA) is 58.6 Å². The van der Waals surface area contributed by atoms with Gasteiger partial charge in [0.25, 0.3) is 0 Å². The Labute approximate surface area is 212 Å². The summed E-state index contributed by atoms with van der Waals surface area (Å²) in [6, 6.07) is 16.5. The van der Waals surface area contributed by atoms with E-state index >= 15 is 0 Å². The van der Waals surface area contributed by atoms with Gasteiger partial charge in [-0.1, -0.05) is 91.8 Å². The molecule has 0 unspecified atom stereocenters. The molecular formula is C32H42N2O. The molecule has 0 amide bonds. The molecule has 0 radical (unpaired) electrons. The number of anilines is 1. The molecule has 0 saturated carbocycles. The minimum absolute atomic E-state index is 0.252. The van der Waals surface area contributed by atoms with Crippen LogP contribution in [0.4, 0.5) is 11.4 Å². The van der Waals surface area contributed by atoms with Crippen molar-refractivity contribution in [2.75, 3.05) is 5.73 Å². The van der Waals surface area contributed by atoms with Crippen LogP contribution in [0.3, 0.4) is 0 Å². The Balaban J connectivity index is 2.10. The van der Waals surface area contributed by atoms with E-state index in [4.69, 9.17) is 10.7 Å². The minimum Gasteiger partial charge on any atom is -0.508 e. The van der Waals surface area contributed by atoms with Crippen LogP contribution in [0, 0.1) is 0 Å². The van der Waals surface area contributed by atoms with Gasteiger partial charge in [0.05, 0.1) is 5.69 Å². The van der Waals surface area contributed by atoms with E-state index < -0.39 is 0 Å². The number of benzene rings is 3. The van der Waals surface area contributed by atoms with Gasteiger partial charge in [0, 0.05) is 11.9 Å². The molecule has 3 nitrogen and oxygen atoms in total. The van der Waals surface area contributed by atoms with Crippen LogP contribution in [0.1, 0.15) is 118 Å². The van der Waals surface area contributed by atoms with Crippen molar-refractivity contribution in [3.8, 4) is 5.75 Å². The van der Waals surface area contributed by atoms with Gasteiger partial charge < -0.3 is 10.8 Å². The van der Waals surface area contributed by atoms with E-state index in [0.717, 1.165) is 23.4 Å². The first kappa shape index (κ1) is 26.5. The SMILES string of the molecule is CC(C)c1cc(Cc2cc(C(C)C)c(/N=C/c3cccc(O)c3)c(C(C)C)c2)cc(C(C)C)c1N. The van der Waals surface area contributed by atoms with Crippen molar-refractivity contribution in [2.24, 2.45) is 4.99 Å². The first-order chi connectivity index (χ1) is 16.5. The molecule has 0 aliphatic carbocycles. The molecule has 186 valence electrons. The van der Waals surface area contributed by atoms with E-state index in [2.05, 4.69) is 79.7 Å². The monoisotopic (exact) mass is 470 g/mol. The molecule has 3 rings (SSSR count). The molecule has 3 aromatic carbocycles. The molecule has 0 aliphatic heterocycles.